The number of piperidine rings is 1. The van der Waals surface area contributed by atoms with E-state index in [9.17, 15) is 9.59 Å². The van der Waals surface area contributed by atoms with Gasteiger partial charge in [-0.3, -0.25) is 9.59 Å². The number of amides is 1. The number of carboxylic acids is 1. The maximum Gasteiger partial charge on any atom is 0.303 e. The third-order valence-corrected chi connectivity index (χ3v) is 4.81. The van der Waals surface area contributed by atoms with E-state index < -0.39 is 12.1 Å². The third-order valence-electron chi connectivity index (χ3n) is 4.81. The van der Waals surface area contributed by atoms with Crippen LogP contribution < -0.4 is 0 Å². The lowest BCUT2D eigenvalue weighted by molar-refractivity contribution is -0.147. The van der Waals surface area contributed by atoms with Gasteiger partial charge in [0.25, 0.3) is 5.91 Å². The Morgan fingerprint density at radius 1 is 1.30 bits per heavy atom. The van der Waals surface area contributed by atoms with Crippen molar-refractivity contribution >= 4 is 11.9 Å². The number of benzene rings is 1. The molecule has 3 rings (SSSR count). The molecule has 2 aliphatic heterocycles. The first-order chi connectivity index (χ1) is 11.1. The summed E-state index contributed by atoms with van der Waals surface area (Å²) in [4.78, 5) is 25.5. The molecule has 0 spiro atoms. The number of hydrogen-bond donors (Lipinski definition) is 1. The fourth-order valence-electron chi connectivity index (χ4n) is 3.59. The second-order valence-electron chi connectivity index (χ2n) is 6.42. The molecule has 124 valence electrons. The highest BCUT2D eigenvalue weighted by Gasteiger charge is 2.33. The average Bonchev–Trinajstić information content (AvgIpc) is 2.59. The predicted octanol–water partition coefficient (Wildman–Crippen LogP) is 2.40. The van der Waals surface area contributed by atoms with Crippen molar-refractivity contribution in [1.29, 1.82) is 0 Å². The van der Waals surface area contributed by atoms with Gasteiger partial charge in [-0.1, -0.05) is 24.3 Å². The van der Waals surface area contributed by atoms with E-state index in [4.69, 9.17) is 9.84 Å². The van der Waals surface area contributed by atoms with Gasteiger partial charge in [0.1, 0.15) is 0 Å². The molecule has 0 saturated carbocycles. The number of carboxylic acid groups (broad SMARTS) is 1. The Morgan fingerprint density at radius 2 is 2.13 bits per heavy atom. The van der Waals surface area contributed by atoms with Gasteiger partial charge in [0.05, 0.1) is 6.61 Å². The fraction of sp³-hybridized carbons (Fsp3) is 0.556. The molecule has 0 unspecified atom stereocenters. The maximum atomic E-state index is 12.9. The summed E-state index contributed by atoms with van der Waals surface area (Å²) in [5.41, 5.74) is 2.17. The van der Waals surface area contributed by atoms with E-state index in [2.05, 4.69) is 6.07 Å². The summed E-state index contributed by atoms with van der Waals surface area (Å²) in [6.45, 7) is 1.96. The summed E-state index contributed by atoms with van der Waals surface area (Å²) in [5, 5.41) is 8.83. The van der Waals surface area contributed by atoms with Crippen LogP contribution in [0.25, 0.3) is 0 Å². The molecule has 2 atom stereocenters. The number of carbonyl (C=O) groups is 2. The minimum Gasteiger partial charge on any atom is -0.481 e. The molecule has 1 N–H and O–H groups in total. The van der Waals surface area contributed by atoms with Gasteiger partial charge in [0.2, 0.25) is 0 Å². The molecule has 1 aromatic rings. The molecule has 1 fully saturated rings. The monoisotopic (exact) mass is 317 g/mol. The van der Waals surface area contributed by atoms with Crippen molar-refractivity contribution in [3.8, 4) is 0 Å². The van der Waals surface area contributed by atoms with E-state index >= 15 is 0 Å². The Labute approximate surface area is 136 Å². The van der Waals surface area contributed by atoms with Gasteiger partial charge in [-0.05, 0) is 42.7 Å². The topological polar surface area (TPSA) is 66.8 Å². The lowest BCUT2D eigenvalue weighted by Gasteiger charge is -2.36. The minimum atomic E-state index is -0.766. The van der Waals surface area contributed by atoms with E-state index in [1.54, 1.807) is 0 Å². The van der Waals surface area contributed by atoms with E-state index in [0.29, 0.717) is 19.6 Å². The van der Waals surface area contributed by atoms with Crippen LogP contribution in [0.3, 0.4) is 0 Å². The van der Waals surface area contributed by atoms with E-state index in [1.165, 1.54) is 5.56 Å². The van der Waals surface area contributed by atoms with Crippen molar-refractivity contribution in [3.63, 3.8) is 0 Å². The van der Waals surface area contributed by atoms with Crippen LogP contribution in [0.5, 0.6) is 0 Å². The van der Waals surface area contributed by atoms with Crippen molar-refractivity contribution in [3.05, 3.63) is 35.4 Å². The van der Waals surface area contributed by atoms with Gasteiger partial charge >= 0.3 is 5.97 Å². The molecule has 0 aromatic heterocycles. The first-order valence-corrected chi connectivity index (χ1v) is 8.35. The first kappa shape index (κ1) is 16.0. The van der Waals surface area contributed by atoms with E-state index in [-0.39, 0.29) is 18.2 Å². The van der Waals surface area contributed by atoms with Crippen LogP contribution >= 0.6 is 0 Å². The maximum absolute atomic E-state index is 12.9. The van der Waals surface area contributed by atoms with Gasteiger partial charge in [0, 0.05) is 19.5 Å². The quantitative estimate of drug-likeness (QED) is 0.926. The number of nitrogens with zero attached hydrogens (tertiary/aromatic N) is 1. The SMILES string of the molecule is O=C(O)CC[C@H]1CCCN(C(=O)[C@H]2OCCc3ccccc32)C1. The Balaban J connectivity index is 1.67. The van der Waals surface area contributed by atoms with Gasteiger partial charge in [-0.2, -0.15) is 0 Å². The van der Waals surface area contributed by atoms with Crippen LogP contribution in [0, 0.1) is 5.92 Å². The highest BCUT2D eigenvalue weighted by atomic mass is 16.5. The second kappa shape index (κ2) is 7.13. The molecule has 0 aliphatic carbocycles. The Kier molecular flexibility index (Phi) is 4.96. The van der Waals surface area contributed by atoms with Gasteiger partial charge < -0.3 is 14.7 Å². The first-order valence-electron chi connectivity index (χ1n) is 8.35. The van der Waals surface area contributed by atoms with Crippen LogP contribution in [0.1, 0.15) is 42.9 Å². The number of carbonyl (C=O) groups excluding carboxylic acids is 1. The molecule has 0 radical (unpaired) electrons. The van der Waals surface area contributed by atoms with Crippen LogP contribution in [0.15, 0.2) is 24.3 Å². The zero-order valence-corrected chi connectivity index (χ0v) is 13.2. The summed E-state index contributed by atoms with van der Waals surface area (Å²) in [6.07, 6.45) is 3.10. The highest BCUT2D eigenvalue weighted by molar-refractivity contribution is 5.83. The van der Waals surface area contributed by atoms with Crippen molar-refractivity contribution in [2.75, 3.05) is 19.7 Å². The van der Waals surface area contributed by atoms with E-state index in [1.807, 2.05) is 23.1 Å². The average molecular weight is 317 g/mol. The smallest absolute Gasteiger partial charge is 0.303 e. The minimum absolute atomic E-state index is 0.0252. The molecule has 5 heteroatoms. The normalized spacial score (nSPS) is 24.1. The van der Waals surface area contributed by atoms with Crippen LogP contribution in [-0.4, -0.2) is 41.6 Å². The molecular formula is C18H23NO4. The summed E-state index contributed by atoms with van der Waals surface area (Å²) < 4.78 is 5.77. The number of hydrogen-bond acceptors (Lipinski definition) is 3. The summed E-state index contributed by atoms with van der Waals surface area (Å²) in [7, 11) is 0. The van der Waals surface area contributed by atoms with Crippen molar-refractivity contribution in [2.45, 2.75) is 38.2 Å². The van der Waals surface area contributed by atoms with Crippen molar-refractivity contribution in [1.82, 2.24) is 4.90 Å². The lowest BCUT2D eigenvalue weighted by Crippen LogP contribution is -2.44. The predicted molar refractivity (Wildman–Crippen MR) is 85.0 cm³/mol. The van der Waals surface area contributed by atoms with Gasteiger partial charge in [0.15, 0.2) is 6.10 Å². The Bertz CT molecular complexity index is 586. The Morgan fingerprint density at radius 3 is 2.96 bits per heavy atom. The molecule has 0 bridgehead atoms. The number of likely N-dealkylation sites (tertiary alicyclic amines) is 1. The zero-order valence-electron chi connectivity index (χ0n) is 13.2. The van der Waals surface area contributed by atoms with Gasteiger partial charge in [-0.25, -0.2) is 0 Å². The molecule has 1 aromatic carbocycles. The van der Waals surface area contributed by atoms with Gasteiger partial charge in [-0.15, -0.1) is 0 Å². The molecule has 1 saturated heterocycles. The van der Waals surface area contributed by atoms with Crippen LogP contribution in [-0.2, 0) is 20.7 Å². The molecule has 5 nitrogen and oxygen atoms in total. The summed E-state index contributed by atoms with van der Waals surface area (Å²) in [6, 6.07) is 7.97. The van der Waals surface area contributed by atoms with Crippen LogP contribution in [0.2, 0.25) is 0 Å². The fourth-order valence-corrected chi connectivity index (χ4v) is 3.59. The molecular weight excluding hydrogens is 294 g/mol. The van der Waals surface area contributed by atoms with Crippen molar-refractivity contribution < 1.29 is 19.4 Å². The number of aliphatic carboxylic acids is 1. The zero-order chi connectivity index (χ0) is 16.2. The molecule has 2 heterocycles. The molecule has 1 amide bonds. The number of ether oxygens (including phenoxy) is 1. The largest absolute Gasteiger partial charge is 0.481 e. The molecule has 2 aliphatic rings. The van der Waals surface area contributed by atoms with Crippen molar-refractivity contribution in [2.24, 2.45) is 5.92 Å². The third kappa shape index (κ3) is 3.72. The van der Waals surface area contributed by atoms with E-state index in [0.717, 1.165) is 31.4 Å². The highest BCUT2D eigenvalue weighted by Crippen LogP contribution is 2.30. The Hall–Kier alpha value is -1.88. The second-order valence-corrected chi connectivity index (χ2v) is 6.42. The lowest BCUT2D eigenvalue weighted by atomic mass is 9.92. The summed E-state index contributed by atoms with van der Waals surface area (Å²) in [5.74, 6) is -0.460. The molecule has 23 heavy (non-hydrogen) atoms. The standard InChI is InChI=1S/C18H23NO4/c20-16(21)8-7-13-4-3-10-19(12-13)18(22)17-15-6-2-1-5-14(15)9-11-23-17/h1-2,5-6,13,17H,3-4,7-12H2,(H,20,21)/t13-,17+/m1/s1. The summed E-state index contributed by atoms with van der Waals surface area (Å²) >= 11 is 0. The number of fused-ring (bicyclic) bond motifs is 1. The number of rotatable bonds is 4. The van der Waals surface area contributed by atoms with Crippen LogP contribution in [0.4, 0.5) is 0 Å².